The fraction of sp³-hybridized carbons (Fsp3) is 0. The van der Waals surface area contributed by atoms with Crippen LogP contribution in [0.3, 0.4) is 0 Å². The molecule has 0 spiro atoms. The molecule has 4 N–H and O–H groups in total. The quantitative estimate of drug-likeness (QED) is 0.614. The van der Waals surface area contributed by atoms with Crippen molar-refractivity contribution in [2.24, 2.45) is 0 Å². The van der Waals surface area contributed by atoms with Crippen molar-refractivity contribution in [3.8, 4) is 0 Å². The predicted molar refractivity (Wildman–Crippen MR) is 50.6 cm³/mol. The first kappa shape index (κ1) is 7.36. The second kappa shape index (κ2) is 2.35. The highest BCUT2D eigenvalue weighted by Crippen LogP contribution is 2.31. The molecule has 2 rings (SSSR count). The number of anilines is 2. The van der Waals surface area contributed by atoms with Gasteiger partial charge in [-0.25, -0.2) is 4.39 Å². The van der Waals surface area contributed by atoms with Crippen LogP contribution in [0.5, 0.6) is 0 Å². The second-order valence-electron chi connectivity index (χ2n) is 2.57. The highest BCUT2D eigenvalue weighted by molar-refractivity contribution is 7.17. The van der Waals surface area contributed by atoms with Crippen LogP contribution < -0.4 is 11.5 Å². The maximum Gasteiger partial charge on any atom is 0.143 e. The summed E-state index contributed by atoms with van der Waals surface area (Å²) in [5.74, 6) is -0.271. The van der Waals surface area contributed by atoms with E-state index >= 15 is 0 Å². The Kier molecular flexibility index (Phi) is 1.44. The highest BCUT2D eigenvalue weighted by Gasteiger charge is 2.06. The maximum atomic E-state index is 13.0. The maximum absolute atomic E-state index is 13.0. The van der Waals surface area contributed by atoms with Crippen molar-refractivity contribution in [1.82, 2.24) is 0 Å². The van der Waals surface area contributed by atoms with Gasteiger partial charge in [0.1, 0.15) is 5.82 Å². The molecule has 0 unspecified atom stereocenters. The number of thiophene rings is 1. The lowest BCUT2D eigenvalue weighted by Crippen LogP contribution is -1.90. The molecule has 0 radical (unpaired) electrons. The van der Waals surface area contributed by atoms with E-state index < -0.39 is 0 Å². The number of fused-ring (bicyclic) bond motifs is 1. The van der Waals surface area contributed by atoms with Crippen LogP contribution in [0.2, 0.25) is 0 Å². The Bertz CT molecular complexity index is 436. The molecule has 0 aliphatic carbocycles. The van der Waals surface area contributed by atoms with E-state index in [0.717, 1.165) is 4.70 Å². The molecule has 0 aliphatic rings. The molecule has 0 atom stereocenters. The molecule has 0 saturated heterocycles. The molecular formula is C8H7FN2S. The Morgan fingerprint density at radius 3 is 2.75 bits per heavy atom. The second-order valence-corrected chi connectivity index (χ2v) is 3.48. The third-order valence-corrected chi connectivity index (χ3v) is 2.58. The first-order chi connectivity index (χ1) is 5.68. The number of halogens is 1. The van der Waals surface area contributed by atoms with E-state index in [2.05, 4.69) is 0 Å². The summed E-state index contributed by atoms with van der Waals surface area (Å²) < 4.78 is 13.8. The summed E-state index contributed by atoms with van der Waals surface area (Å²) in [5, 5.41) is 1.91. The molecule has 0 fully saturated rings. The minimum atomic E-state index is -0.271. The average Bonchev–Trinajstić information content (AvgIpc) is 2.31. The lowest BCUT2D eigenvalue weighted by atomic mass is 10.2. The normalized spacial score (nSPS) is 10.8. The Labute approximate surface area is 72.6 Å². The van der Waals surface area contributed by atoms with Crippen molar-refractivity contribution in [1.29, 1.82) is 0 Å². The summed E-state index contributed by atoms with van der Waals surface area (Å²) >= 11 is 1.31. The third-order valence-electron chi connectivity index (χ3n) is 1.68. The van der Waals surface area contributed by atoms with Gasteiger partial charge >= 0.3 is 0 Å². The third kappa shape index (κ3) is 0.921. The predicted octanol–water partition coefficient (Wildman–Crippen LogP) is 2.20. The molecule has 62 valence electrons. The number of nitrogen functional groups attached to an aromatic ring is 2. The summed E-state index contributed by atoms with van der Waals surface area (Å²) in [6.07, 6.45) is 0. The smallest absolute Gasteiger partial charge is 0.143 e. The molecule has 0 amide bonds. The van der Waals surface area contributed by atoms with Crippen molar-refractivity contribution in [3.63, 3.8) is 0 Å². The van der Waals surface area contributed by atoms with Gasteiger partial charge in [0.05, 0.1) is 5.39 Å². The topological polar surface area (TPSA) is 52.0 Å². The van der Waals surface area contributed by atoms with Crippen LogP contribution in [0.1, 0.15) is 0 Å². The van der Waals surface area contributed by atoms with E-state index in [4.69, 9.17) is 11.5 Å². The Morgan fingerprint density at radius 1 is 1.25 bits per heavy atom. The van der Waals surface area contributed by atoms with E-state index in [9.17, 15) is 4.39 Å². The summed E-state index contributed by atoms with van der Waals surface area (Å²) in [6.45, 7) is 0. The van der Waals surface area contributed by atoms with Crippen LogP contribution in [0.15, 0.2) is 17.5 Å². The summed E-state index contributed by atoms with van der Waals surface area (Å²) in [5.41, 5.74) is 12.1. The first-order valence-corrected chi connectivity index (χ1v) is 4.28. The van der Waals surface area contributed by atoms with Gasteiger partial charge in [0, 0.05) is 21.5 Å². The fourth-order valence-electron chi connectivity index (χ4n) is 1.18. The van der Waals surface area contributed by atoms with Crippen LogP contribution in [0.4, 0.5) is 15.8 Å². The van der Waals surface area contributed by atoms with Gasteiger partial charge in [-0.05, 0) is 12.1 Å². The van der Waals surface area contributed by atoms with Crippen LogP contribution in [-0.2, 0) is 0 Å². The van der Waals surface area contributed by atoms with Crippen molar-refractivity contribution in [3.05, 3.63) is 23.3 Å². The van der Waals surface area contributed by atoms with Crippen LogP contribution in [-0.4, -0.2) is 0 Å². The molecule has 4 heteroatoms. The number of benzene rings is 1. The largest absolute Gasteiger partial charge is 0.399 e. The zero-order valence-corrected chi connectivity index (χ0v) is 6.99. The molecule has 12 heavy (non-hydrogen) atoms. The van der Waals surface area contributed by atoms with Gasteiger partial charge in [0.15, 0.2) is 0 Å². The van der Waals surface area contributed by atoms with Gasteiger partial charge in [0.25, 0.3) is 0 Å². The molecule has 2 aromatic rings. The van der Waals surface area contributed by atoms with E-state index in [1.165, 1.54) is 16.7 Å². The van der Waals surface area contributed by atoms with Crippen molar-refractivity contribution >= 4 is 32.8 Å². The van der Waals surface area contributed by atoms with E-state index in [-0.39, 0.29) is 5.82 Å². The van der Waals surface area contributed by atoms with Gasteiger partial charge in [-0.15, -0.1) is 11.3 Å². The Hall–Kier alpha value is -1.29. The number of hydrogen-bond acceptors (Lipinski definition) is 3. The SMILES string of the molecule is Nc1cc(N)c2c(F)csc2c1. The minimum absolute atomic E-state index is 0.271. The van der Waals surface area contributed by atoms with Crippen LogP contribution in [0.25, 0.3) is 10.1 Å². The summed E-state index contributed by atoms with van der Waals surface area (Å²) in [7, 11) is 0. The van der Waals surface area contributed by atoms with Crippen molar-refractivity contribution < 1.29 is 4.39 Å². The van der Waals surface area contributed by atoms with E-state index in [0.29, 0.717) is 16.8 Å². The zero-order chi connectivity index (χ0) is 8.72. The average molecular weight is 182 g/mol. The summed E-state index contributed by atoms with van der Waals surface area (Å²) in [6, 6.07) is 3.29. The number of nitrogens with two attached hydrogens (primary N) is 2. The Balaban J connectivity index is 2.93. The van der Waals surface area contributed by atoms with E-state index in [1.807, 2.05) is 0 Å². The van der Waals surface area contributed by atoms with Gasteiger partial charge in [-0.2, -0.15) is 0 Å². The van der Waals surface area contributed by atoms with Gasteiger partial charge in [0.2, 0.25) is 0 Å². The molecule has 1 aromatic heterocycles. The van der Waals surface area contributed by atoms with Crippen molar-refractivity contribution in [2.75, 3.05) is 11.5 Å². The van der Waals surface area contributed by atoms with Crippen LogP contribution in [0, 0.1) is 5.82 Å². The zero-order valence-electron chi connectivity index (χ0n) is 6.17. The van der Waals surface area contributed by atoms with Gasteiger partial charge in [-0.1, -0.05) is 0 Å². The molecule has 0 bridgehead atoms. The lowest BCUT2D eigenvalue weighted by molar-refractivity contribution is 0.644. The fourth-order valence-corrected chi connectivity index (χ4v) is 2.07. The number of rotatable bonds is 0. The van der Waals surface area contributed by atoms with Crippen molar-refractivity contribution in [2.45, 2.75) is 0 Å². The molecule has 0 saturated carbocycles. The van der Waals surface area contributed by atoms with Gasteiger partial charge in [-0.3, -0.25) is 0 Å². The Morgan fingerprint density at radius 2 is 2.00 bits per heavy atom. The summed E-state index contributed by atoms with van der Waals surface area (Å²) in [4.78, 5) is 0. The molecule has 1 aromatic carbocycles. The minimum Gasteiger partial charge on any atom is -0.399 e. The van der Waals surface area contributed by atoms with E-state index in [1.54, 1.807) is 12.1 Å². The standard InChI is InChI=1S/C8H7FN2S/c9-5-3-12-7-2-4(10)1-6(11)8(5)7/h1-3H,10-11H2. The molecule has 1 heterocycles. The van der Waals surface area contributed by atoms with Crippen LogP contribution >= 0.6 is 11.3 Å². The van der Waals surface area contributed by atoms with Gasteiger partial charge < -0.3 is 11.5 Å². The monoisotopic (exact) mass is 182 g/mol. The highest BCUT2D eigenvalue weighted by atomic mass is 32.1. The lowest BCUT2D eigenvalue weighted by Gasteiger charge is -1.98. The number of hydrogen-bond donors (Lipinski definition) is 2. The molecule has 0 aliphatic heterocycles. The first-order valence-electron chi connectivity index (χ1n) is 3.40. The molecule has 2 nitrogen and oxygen atoms in total. The molecular weight excluding hydrogens is 175 g/mol.